The molecule has 144 valence electrons. The van der Waals surface area contributed by atoms with Crippen molar-refractivity contribution in [2.45, 2.75) is 13.5 Å². The highest BCUT2D eigenvalue weighted by Crippen LogP contribution is 2.28. The third kappa shape index (κ3) is 2.93. The summed E-state index contributed by atoms with van der Waals surface area (Å²) < 4.78 is 3.61. The second-order valence-corrected chi connectivity index (χ2v) is 7.26. The summed E-state index contributed by atoms with van der Waals surface area (Å²) in [6, 6.07) is 15.4. The van der Waals surface area contributed by atoms with Crippen molar-refractivity contribution in [2.75, 3.05) is 0 Å². The van der Waals surface area contributed by atoms with Crippen LogP contribution >= 0.6 is 0 Å². The zero-order valence-corrected chi connectivity index (χ0v) is 16.3. The summed E-state index contributed by atoms with van der Waals surface area (Å²) in [6.07, 6.45) is 9.01. The van der Waals surface area contributed by atoms with E-state index in [-0.39, 0.29) is 5.56 Å². The van der Waals surface area contributed by atoms with Gasteiger partial charge in [0.1, 0.15) is 5.65 Å². The van der Waals surface area contributed by atoms with E-state index in [1.807, 2.05) is 60.1 Å². The van der Waals surface area contributed by atoms with Crippen LogP contribution in [0.25, 0.3) is 27.5 Å². The summed E-state index contributed by atoms with van der Waals surface area (Å²) >= 11 is 0. The molecule has 1 aromatic carbocycles. The van der Waals surface area contributed by atoms with Gasteiger partial charge in [-0.1, -0.05) is 24.3 Å². The number of nitrogens with zero attached hydrogens (tertiary/aromatic N) is 5. The fraction of sp³-hybridized carbons (Fsp3) is 0.0833. The van der Waals surface area contributed by atoms with Crippen molar-refractivity contribution in [3.63, 3.8) is 0 Å². The van der Waals surface area contributed by atoms with Crippen LogP contribution in [0.3, 0.4) is 0 Å². The van der Waals surface area contributed by atoms with Crippen molar-refractivity contribution in [2.24, 2.45) is 0 Å². The Bertz CT molecular complexity index is 1520. The predicted molar refractivity (Wildman–Crippen MR) is 115 cm³/mol. The van der Waals surface area contributed by atoms with Crippen LogP contribution in [0.1, 0.15) is 16.8 Å². The Balaban J connectivity index is 1.61. The largest absolute Gasteiger partial charge is 0.309 e. The van der Waals surface area contributed by atoms with E-state index in [2.05, 4.69) is 16.0 Å². The van der Waals surface area contributed by atoms with Crippen LogP contribution < -0.4 is 5.56 Å². The molecule has 0 saturated heterocycles. The van der Waals surface area contributed by atoms with Gasteiger partial charge in [0, 0.05) is 42.1 Å². The second kappa shape index (κ2) is 6.98. The third-order valence-electron chi connectivity index (χ3n) is 5.22. The number of imidazole rings is 1. The van der Waals surface area contributed by atoms with E-state index in [9.17, 15) is 10.1 Å². The SMILES string of the molecule is Cc1ccc2nc(Cn3ccc4c(-c5ccccc5C#N)cncc4c3=O)cn2c1. The molecule has 0 bridgehead atoms. The molecule has 30 heavy (non-hydrogen) atoms. The number of nitriles is 1. The van der Waals surface area contributed by atoms with E-state index in [0.29, 0.717) is 17.5 Å². The molecular weight excluding hydrogens is 374 g/mol. The van der Waals surface area contributed by atoms with Gasteiger partial charge in [0.25, 0.3) is 5.56 Å². The number of aryl methyl sites for hydroxylation is 1. The zero-order chi connectivity index (χ0) is 20.7. The Kier molecular flexibility index (Phi) is 4.15. The van der Waals surface area contributed by atoms with Crippen molar-refractivity contribution >= 4 is 16.4 Å². The number of benzene rings is 1. The predicted octanol–water partition coefficient (Wildman–Crippen LogP) is 3.94. The van der Waals surface area contributed by atoms with Gasteiger partial charge >= 0.3 is 0 Å². The molecule has 6 nitrogen and oxygen atoms in total. The van der Waals surface area contributed by atoms with Gasteiger partial charge in [-0.3, -0.25) is 9.78 Å². The molecule has 0 N–H and O–H groups in total. The summed E-state index contributed by atoms with van der Waals surface area (Å²) in [5, 5.41) is 10.7. The van der Waals surface area contributed by atoms with Crippen molar-refractivity contribution in [1.29, 1.82) is 5.26 Å². The fourth-order valence-electron chi connectivity index (χ4n) is 3.77. The zero-order valence-electron chi connectivity index (χ0n) is 16.3. The lowest BCUT2D eigenvalue weighted by molar-refractivity contribution is 0.752. The van der Waals surface area contributed by atoms with Gasteiger partial charge in [-0.15, -0.1) is 0 Å². The molecule has 0 aliphatic rings. The molecule has 0 atom stereocenters. The molecule has 0 amide bonds. The first-order chi connectivity index (χ1) is 14.6. The Labute approximate surface area is 172 Å². The summed E-state index contributed by atoms with van der Waals surface area (Å²) in [7, 11) is 0. The summed E-state index contributed by atoms with van der Waals surface area (Å²) in [5.41, 5.74) is 4.76. The number of hydrogen-bond donors (Lipinski definition) is 0. The minimum Gasteiger partial charge on any atom is -0.309 e. The smallest absolute Gasteiger partial charge is 0.260 e. The first-order valence-corrected chi connectivity index (χ1v) is 9.55. The summed E-state index contributed by atoms with van der Waals surface area (Å²) in [5.74, 6) is 0. The lowest BCUT2D eigenvalue weighted by Crippen LogP contribution is -2.20. The number of aromatic nitrogens is 4. The number of hydrogen-bond acceptors (Lipinski definition) is 4. The molecule has 6 heteroatoms. The van der Waals surface area contributed by atoms with Gasteiger partial charge in [-0.2, -0.15) is 5.26 Å². The van der Waals surface area contributed by atoms with Gasteiger partial charge in [0.05, 0.1) is 29.3 Å². The van der Waals surface area contributed by atoms with Crippen LogP contribution in [0.4, 0.5) is 0 Å². The van der Waals surface area contributed by atoms with Crippen molar-refractivity contribution in [1.82, 2.24) is 18.9 Å². The number of rotatable bonds is 3. The van der Waals surface area contributed by atoms with E-state index in [4.69, 9.17) is 0 Å². The Morgan fingerprint density at radius 2 is 1.87 bits per heavy atom. The average molecular weight is 391 g/mol. The van der Waals surface area contributed by atoms with E-state index in [1.165, 1.54) is 0 Å². The highest BCUT2D eigenvalue weighted by Gasteiger charge is 2.12. The van der Waals surface area contributed by atoms with Crippen LogP contribution in [-0.2, 0) is 6.54 Å². The van der Waals surface area contributed by atoms with Crippen LogP contribution in [0.2, 0.25) is 0 Å². The highest BCUT2D eigenvalue weighted by molar-refractivity contribution is 5.96. The molecule has 0 saturated carbocycles. The minimum atomic E-state index is -0.135. The van der Waals surface area contributed by atoms with Crippen LogP contribution in [0.15, 0.2) is 78.2 Å². The quantitative estimate of drug-likeness (QED) is 0.467. The number of pyridine rings is 3. The van der Waals surface area contributed by atoms with Crippen LogP contribution in [-0.4, -0.2) is 18.9 Å². The fourth-order valence-corrected chi connectivity index (χ4v) is 3.77. The molecule has 0 fully saturated rings. The van der Waals surface area contributed by atoms with Gasteiger partial charge in [-0.05, 0) is 36.1 Å². The Morgan fingerprint density at radius 1 is 1.00 bits per heavy atom. The maximum atomic E-state index is 13.2. The maximum absolute atomic E-state index is 13.2. The first kappa shape index (κ1) is 17.8. The highest BCUT2D eigenvalue weighted by atomic mass is 16.1. The molecule has 5 rings (SSSR count). The van der Waals surface area contributed by atoms with Gasteiger partial charge < -0.3 is 8.97 Å². The monoisotopic (exact) mass is 391 g/mol. The average Bonchev–Trinajstić information content (AvgIpc) is 3.17. The Hall–Kier alpha value is -4.24. The molecule has 0 spiro atoms. The van der Waals surface area contributed by atoms with Gasteiger partial charge in [0.15, 0.2) is 0 Å². The molecule has 0 aliphatic carbocycles. The van der Waals surface area contributed by atoms with Crippen LogP contribution in [0.5, 0.6) is 0 Å². The second-order valence-electron chi connectivity index (χ2n) is 7.26. The lowest BCUT2D eigenvalue weighted by atomic mass is 9.98. The molecule has 4 heterocycles. The van der Waals surface area contributed by atoms with Gasteiger partial charge in [0.2, 0.25) is 0 Å². The van der Waals surface area contributed by atoms with E-state index >= 15 is 0 Å². The van der Waals surface area contributed by atoms with Crippen molar-refractivity contribution in [3.05, 3.63) is 101 Å². The molecule has 4 aromatic heterocycles. The number of fused-ring (bicyclic) bond motifs is 2. The van der Waals surface area contributed by atoms with Crippen molar-refractivity contribution in [3.8, 4) is 17.2 Å². The molecule has 0 aliphatic heterocycles. The summed E-state index contributed by atoms with van der Waals surface area (Å²) in [6.45, 7) is 2.40. The van der Waals surface area contributed by atoms with E-state index in [0.717, 1.165) is 33.4 Å². The van der Waals surface area contributed by atoms with Crippen LogP contribution in [0, 0.1) is 18.3 Å². The normalized spacial score (nSPS) is 11.1. The standard InChI is InChI=1S/C24H17N5O/c1-16-6-7-23-27-18(15-29(23)13-16)14-28-9-8-20-21(11-26-12-22(20)24(28)30)19-5-3-2-4-17(19)10-25/h2-9,11-13,15H,14H2,1H3. The first-order valence-electron chi connectivity index (χ1n) is 9.55. The third-order valence-corrected chi connectivity index (χ3v) is 5.22. The molecule has 0 unspecified atom stereocenters. The topological polar surface area (TPSA) is 76.0 Å². The Morgan fingerprint density at radius 3 is 2.73 bits per heavy atom. The molecule has 0 radical (unpaired) electrons. The molecule has 5 aromatic rings. The summed E-state index contributed by atoms with van der Waals surface area (Å²) in [4.78, 5) is 22.0. The minimum absolute atomic E-state index is 0.135. The lowest BCUT2D eigenvalue weighted by Gasteiger charge is -2.10. The maximum Gasteiger partial charge on any atom is 0.260 e. The van der Waals surface area contributed by atoms with E-state index < -0.39 is 0 Å². The van der Waals surface area contributed by atoms with E-state index in [1.54, 1.807) is 29.2 Å². The van der Waals surface area contributed by atoms with Crippen molar-refractivity contribution < 1.29 is 0 Å². The van der Waals surface area contributed by atoms with Gasteiger partial charge in [-0.25, -0.2) is 4.98 Å². The molecular formula is C24H17N5O.